The van der Waals surface area contributed by atoms with E-state index in [1.54, 1.807) is 0 Å². The van der Waals surface area contributed by atoms with Gasteiger partial charge in [0.1, 0.15) is 0 Å². The van der Waals surface area contributed by atoms with Crippen molar-refractivity contribution >= 4 is 31.7 Å². The summed E-state index contributed by atoms with van der Waals surface area (Å²) in [6, 6.07) is 0. The van der Waals surface area contributed by atoms with Gasteiger partial charge in [0, 0.05) is 12.2 Å². The van der Waals surface area contributed by atoms with Gasteiger partial charge in [-0.15, -0.1) is 0 Å². The standard InChI is InChI=1S/C4H4O4.2C4H9.O.Sn/c5-3(6)1-2-4(7)8;2*1-3-4-2;;/h1-2H,(H,5,6)(H,7,8);2*1,3-4H2,2H3;;/b2-1-;;;;. The van der Waals surface area contributed by atoms with E-state index in [-0.39, 0.29) is 0 Å². The summed E-state index contributed by atoms with van der Waals surface area (Å²) in [5, 5.41) is 15.6. The number of hydrogen-bond acceptors (Lipinski definition) is 3. The summed E-state index contributed by atoms with van der Waals surface area (Å²) in [5.41, 5.74) is 0. The fourth-order valence-electron chi connectivity index (χ4n) is 1.02. The number of carbonyl (C=O) groups is 2. The maximum Gasteiger partial charge on any atom is 0.328 e. The second kappa shape index (κ2) is 14.3. The summed E-state index contributed by atoms with van der Waals surface area (Å²) in [6.07, 6.45) is 5.92. The molecule has 0 aliphatic heterocycles. The average Bonchev–Trinajstić information content (AvgIpc) is 2.32. The van der Waals surface area contributed by atoms with Gasteiger partial charge in [-0.25, -0.2) is 9.59 Å². The monoisotopic (exact) mass is 366 g/mol. The molecule has 6 heteroatoms. The molecule has 0 aromatic carbocycles. The van der Waals surface area contributed by atoms with E-state index in [0.29, 0.717) is 12.2 Å². The number of unbranched alkanes of at least 4 members (excludes halogenated alkanes) is 2. The van der Waals surface area contributed by atoms with Gasteiger partial charge in [-0.3, -0.25) is 0 Å². The van der Waals surface area contributed by atoms with Crippen LogP contribution in [0.15, 0.2) is 12.2 Å². The Morgan fingerprint density at radius 2 is 1.28 bits per heavy atom. The first-order valence-corrected chi connectivity index (χ1v) is 11.3. The molecule has 18 heavy (non-hydrogen) atoms. The van der Waals surface area contributed by atoms with Gasteiger partial charge in [-0.2, -0.15) is 0 Å². The predicted octanol–water partition coefficient (Wildman–Crippen LogP) is 2.72. The Hall–Kier alpha value is -0.721. The first kappa shape index (κ1) is 19.6. The molecule has 0 aromatic heterocycles. The fraction of sp³-hybridized carbons (Fsp3) is 0.667. The zero-order chi connectivity index (χ0) is 14.4. The molecule has 0 amide bonds. The Morgan fingerprint density at radius 3 is 1.50 bits per heavy atom. The molecule has 0 heterocycles. The first-order chi connectivity index (χ1) is 8.43. The molecule has 0 aliphatic carbocycles. The Kier molecular flexibility index (Phi) is 15.6. The van der Waals surface area contributed by atoms with Crippen LogP contribution in [0, 0.1) is 0 Å². The number of aliphatic carboxylic acids is 2. The molecule has 0 radical (unpaired) electrons. The minimum Gasteiger partial charge on any atom is -0.478 e. The topological polar surface area (TPSA) is 91.7 Å². The van der Waals surface area contributed by atoms with E-state index in [4.69, 9.17) is 10.2 Å². The van der Waals surface area contributed by atoms with Crippen LogP contribution < -0.4 is 0 Å². The third kappa shape index (κ3) is 20.7. The van der Waals surface area contributed by atoms with Crippen LogP contribution in [0.2, 0.25) is 8.87 Å². The minimum atomic E-state index is -1.99. The molecule has 0 aliphatic rings. The largest absolute Gasteiger partial charge is 0.478 e. The number of rotatable bonds is 8. The number of hydrogen-bond donors (Lipinski definition) is 2. The quantitative estimate of drug-likeness (QED) is 0.510. The number of carboxylic acids is 2. The van der Waals surface area contributed by atoms with Gasteiger partial charge in [-0.05, 0) is 0 Å². The van der Waals surface area contributed by atoms with Crippen LogP contribution in [0.5, 0.6) is 0 Å². The maximum atomic E-state index is 11.2. The van der Waals surface area contributed by atoms with Crippen LogP contribution in [0.1, 0.15) is 39.5 Å². The molecule has 0 fully saturated rings. The zero-order valence-electron chi connectivity index (χ0n) is 11.0. The van der Waals surface area contributed by atoms with E-state index in [0.717, 1.165) is 8.87 Å². The molecule has 0 aromatic rings. The van der Waals surface area contributed by atoms with Gasteiger partial charge in [0.05, 0.1) is 0 Å². The van der Waals surface area contributed by atoms with Crippen molar-refractivity contribution in [2.24, 2.45) is 0 Å². The summed E-state index contributed by atoms with van der Waals surface area (Å²) in [6.45, 7) is 4.33. The summed E-state index contributed by atoms with van der Waals surface area (Å²) < 4.78 is 13.4. The third-order valence-corrected chi connectivity index (χ3v) is 7.19. The summed E-state index contributed by atoms with van der Waals surface area (Å²) in [7, 11) is 0. The molecular weight excluding hydrogens is 343 g/mol. The normalized spacial score (nSPS) is 9.67. The molecule has 0 atom stereocenters. The summed E-state index contributed by atoms with van der Waals surface area (Å²) >= 11 is -1.99. The van der Waals surface area contributed by atoms with E-state index in [2.05, 4.69) is 13.8 Å². The van der Waals surface area contributed by atoms with Crippen molar-refractivity contribution < 1.29 is 22.9 Å². The Labute approximate surface area is 115 Å². The van der Waals surface area contributed by atoms with Gasteiger partial charge in [0.25, 0.3) is 0 Å². The van der Waals surface area contributed by atoms with Gasteiger partial charge in [0.15, 0.2) is 0 Å². The first-order valence-electron chi connectivity index (χ1n) is 6.09. The molecule has 0 bridgehead atoms. The van der Waals surface area contributed by atoms with Crippen molar-refractivity contribution in [2.45, 2.75) is 48.4 Å². The van der Waals surface area contributed by atoms with Crippen molar-refractivity contribution in [3.05, 3.63) is 12.2 Å². The molecule has 104 valence electrons. The molecule has 2 N–H and O–H groups in total. The van der Waals surface area contributed by atoms with Gasteiger partial charge in [-0.1, -0.05) is 0 Å². The van der Waals surface area contributed by atoms with Crippen LogP contribution in [-0.2, 0) is 12.7 Å². The van der Waals surface area contributed by atoms with E-state index in [1.165, 1.54) is 25.7 Å². The molecule has 5 nitrogen and oxygen atoms in total. The second-order valence-corrected chi connectivity index (χ2v) is 9.68. The maximum absolute atomic E-state index is 11.2. The van der Waals surface area contributed by atoms with E-state index in [9.17, 15) is 12.7 Å². The molecule has 0 rings (SSSR count). The van der Waals surface area contributed by atoms with Gasteiger partial charge >= 0.3 is 83.2 Å². The van der Waals surface area contributed by atoms with Crippen molar-refractivity contribution in [3.63, 3.8) is 0 Å². The zero-order valence-corrected chi connectivity index (χ0v) is 13.9. The second-order valence-electron chi connectivity index (χ2n) is 3.76. The van der Waals surface area contributed by atoms with Crippen LogP contribution in [-0.4, -0.2) is 41.9 Å². The molecule has 0 spiro atoms. The molecule has 0 saturated heterocycles. The Bertz CT molecular complexity index is 260. The van der Waals surface area contributed by atoms with Crippen LogP contribution >= 0.6 is 0 Å². The molecular formula is C12H22O5Sn. The average molecular weight is 365 g/mol. The Balaban J connectivity index is 0. The van der Waals surface area contributed by atoms with E-state index in [1.807, 2.05) is 0 Å². The van der Waals surface area contributed by atoms with Crippen molar-refractivity contribution in [3.8, 4) is 0 Å². The SMILES string of the molecule is CCC[CH2][Sn](=[O])[CH2]CCC.O=C(O)/C=C\C(=O)O. The fourth-order valence-corrected chi connectivity index (χ4v) is 6.00. The summed E-state index contributed by atoms with van der Waals surface area (Å²) in [4.78, 5) is 19.1. The van der Waals surface area contributed by atoms with Crippen molar-refractivity contribution in [1.29, 1.82) is 0 Å². The number of carboxylic acid groups (broad SMARTS) is 2. The Morgan fingerprint density at radius 1 is 0.944 bits per heavy atom. The van der Waals surface area contributed by atoms with Crippen molar-refractivity contribution in [2.75, 3.05) is 0 Å². The predicted molar refractivity (Wildman–Crippen MR) is 70.3 cm³/mol. The van der Waals surface area contributed by atoms with E-state index < -0.39 is 31.7 Å². The van der Waals surface area contributed by atoms with Crippen molar-refractivity contribution in [1.82, 2.24) is 0 Å². The van der Waals surface area contributed by atoms with E-state index >= 15 is 0 Å². The summed E-state index contributed by atoms with van der Waals surface area (Å²) in [5.74, 6) is -2.51. The van der Waals surface area contributed by atoms with Crippen LogP contribution in [0.4, 0.5) is 0 Å². The van der Waals surface area contributed by atoms with Crippen LogP contribution in [0.25, 0.3) is 0 Å². The smallest absolute Gasteiger partial charge is 0.328 e. The van der Waals surface area contributed by atoms with Crippen LogP contribution in [0.3, 0.4) is 0 Å². The minimum absolute atomic E-state index is 0.558. The van der Waals surface area contributed by atoms with Gasteiger partial charge in [0.2, 0.25) is 0 Å². The third-order valence-electron chi connectivity index (χ3n) is 1.99. The molecule has 0 saturated carbocycles. The van der Waals surface area contributed by atoms with Gasteiger partial charge < -0.3 is 10.2 Å². The molecule has 0 unspecified atom stereocenters.